The minimum absolute atomic E-state index is 0.0444. The van der Waals surface area contributed by atoms with Crippen LogP contribution in [0.4, 0.5) is 5.69 Å². The van der Waals surface area contributed by atoms with Crippen molar-refractivity contribution < 1.29 is 28.6 Å². The summed E-state index contributed by atoms with van der Waals surface area (Å²) < 4.78 is 16.8. The number of nitriles is 1. The summed E-state index contributed by atoms with van der Waals surface area (Å²) in [5, 5.41) is 14.5. The zero-order valence-electron chi connectivity index (χ0n) is 22.4. The van der Waals surface area contributed by atoms with Crippen LogP contribution in [0.15, 0.2) is 83.5 Å². The molecule has 2 N–H and O–H groups in total. The average Bonchev–Trinajstić information content (AvgIpc) is 3.37. The Morgan fingerprint density at radius 3 is 2.17 bits per heavy atom. The van der Waals surface area contributed by atoms with Crippen LogP contribution < -0.4 is 10.6 Å². The minimum Gasteiger partial charge on any atom is -0.466 e. The lowest BCUT2D eigenvalue weighted by molar-refractivity contribution is -0.139. The first-order valence-electron chi connectivity index (χ1n) is 12.3. The van der Waals surface area contributed by atoms with Crippen molar-refractivity contribution in [3.8, 4) is 11.8 Å². The van der Waals surface area contributed by atoms with Gasteiger partial charge in [0, 0.05) is 5.69 Å². The third-order valence-corrected chi connectivity index (χ3v) is 6.47. The van der Waals surface area contributed by atoms with Gasteiger partial charge in [0.05, 0.1) is 61.5 Å². The van der Waals surface area contributed by atoms with Crippen molar-refractivity contribution in [2.45, 2.75) is 19.8 Å². The molecule has 0 spiro atoms. The van der Waals surface area contributed by atoms with E-state index < -0.39 is 23.8 Å². The summed E-state index contributed by atoms with van der Waals surface area (Å²) in [5.74, 6) is -3.13. The molecule has 0 saturated carbocycles. The Kier molecular flexibility index (Phi) is 8.00. The molecular weight excluding hydrogens is 514 g/mol. The Bertz CT molecular complexity index is 1560. The van der Waals surface area contributed by atoms with E-state index in [2.05, 4.69) is 11.2 Å². The number of carbonyl (C=O) groups excluding carboxylic acids is 3. The molecule has 3 aromatic rings. The number of hydrogen-bond donors (Lipinski definition) is 1. The highest BCUT2D eigenvalue weighted by Gasteiger charge is 2.43. The molecule has 0 bridgehead atoms. The van der Waals surface area contributed by atoms with E-state index in [0.717, 1.165) is 0 Å². The molecule has 1 unspecified atom stereocenters. The van der Waals surface area contributed by atoms with Gasteiger partial charge < -0.3 is 19.9 Å². The number of rotatable bonds is 7. The first-order chi connectivity index (χ1) is 19.3. The van der Waals surface area contributed by atoms with E-state index in [1.54, 1.807) is 73.1 Å². The molecule has 204 valence electrons. The van der Waals surface area contributed by atoms with Crippen LogP contribution in [0.1, 0.15) is 34.5 Å². The molecule has 0 saturated heterocycles. The maximum absolute atomic E-state index is 13.2. The molecule has 0 radical (unpaired) electrons. The molecule has 0 aliphatic carbocycles. The van der Waals surface area contributed by atoms with Gasteiger partial charge in [0.15, 0.2) is 0 Å². The summed E-state index contributed by atoms with van der Waals surface area (Å²) in [7, 11) is 2.38. The Morgan fingerprint density at radius 1 is 0.975 bits per heavy atom. The largest absolute Gasteiger partial charge is 0.466 e. The number of ether oxygens (including phenoxy) is 3. The van der Waals surface area contributed by atoms with Crippen LogP contribution >= 0.6 is 0 Å². The van der Waals surface area contributed by atoms with E-state index in [-0.39, 0.29) is 29.3 Å². The summed E-state index contributed by atoms with van der Waals surface area (Å²) in [4.78, 5) is 39.9. The number of allylic oxidation sites excluding steroid dienone is 1. The van der Waals surface area contributed by atoms with Gasteiger partial charge in [-0.2, -0.15) is 10.4 Å². The van der Waals surface area contributed by atoms with Gasteiger partial charge in [-0.25, -0.2) is 19.1 Å². The van der Waals surface area contributed by atoms with E-state index in [4.69, 9.17) is 19.9 Å². The van der Waals surface area contributed by atoms with Crippen LogP contribution in [-0.2, 0) is 23.8 Å². The highest BCUT2D eigenvalue weighted by molar-refractivity contribution is 6.06. The molecule has 11 heteroatoms. The maximum atomic E-state index is 13.2. The van der Waals surface area contributed by atoms with Gasteiger partial charge in [0.25, 0.3) is 0 Å². The molecular formula is C29H27N5O6. The Balaban J connectivity index is 1.88. The third-order valence-electron chi connectivity index (χ3n) is 6.47. The van der Waals surface area contributed by atoms with Gasteiger partial charge in [-0.15, -0.1) is 0 Å². The second-order valence-electron chi connectivity index (χ2n) is 8.63. The molecule has 0 fully saturated rings. The monoisotopic (exact) mass is 541 g/mol. The molecule has 1 aliphatic heterocycles. The van der Waals surface area contributed by atoms with Gasteiger partial charge >= 0.3 is 17.9 Å². The van der Waals surface area contributed by atoms with Crippen molar-refractivity contribution >= 4 is 23.6 Å². The Labute approximate surface area is 230 Å². The lowest BCUT2D eigenvalue weighted by Gasteiger charge is -2.35. The van der Waals surface area contributed by atoms with Crippen LogP contribution in [0.25, 0.3) is 5.69 Å². The molecule has 4 rings (SSSR count). The highest BCUT2D eigenvalue weighted by Crippen LogP contribution is 2.43. The Hall–Kier alpha value is -5.37. The van der Waals surface area contributed by atoms with E-state index in [0.29, 0.717) is 28.2 Å². The number of carbonyl (C=O) groups is 3. The minimum atomic E-state index is -0.962. The number of hydrogen-bond acceptors (Lipinski definition) is 10. The number of methoxy groups -OCH3 is 2. The quantitative estimate of drug-likeness (QED) is 0.349. The summed E-state index contributed by atoms with van der Waals surface area (Å²) in [5.41, 5.74) is 8.80. The number of esters is 3. The number of aromatic nitrogens is 2. The van der Waals surface area contributed by atoms with Crippen molar-refractivity contribution in [1.29, 1.82) is 5.26 Å². The van der Waals surface area contributed by atoms with Crippen LogP contribution in [-0.4, -0.2) is 48.5 Å². The van der Waals surface area contributed by atoms with Gasteiger partial charge in [0.1, 0.15) is 17.1 Å². The summed E-state index contributed by atoms with van der Waals surface area (Å²) >= 11 is 0. The van der Waals surface area contributed by atoms with Crippen molar-refractivity contribution in [3.05, 3.63) is 100 Å². The van der Waals surface area contributed by atoms with E-state index in [1.165, 1.54) is 25.3 Å². The van der Waals surface area contributed by atoms with E-state index in [9.17, 15) is 19.6 Å². The molecule has 40 heavy (non-hydrogen) atoms. The molecule has 2 aromatic carbocycles. The molecule has 1 aromatic heterocycles. The normalized spacial score (nSPS) is 15.0. The fourth-order valence-corrected chi connectivity index (χ4v) is 4.60. The molecule has 0 amide bonds. The first-order valence-corrected chi connectivity index (χ1v) is 12.3. The van der Waals surface area contributed by atoms with E-state index in [1.807, 2.05) is 0 Å². The third kappa shape index (κ3) is 4.78. The van der Waals surface area contributed by atoms with Gasteiger partial charge in [0.2, 0.25) is 0 Å². The van der Waals surface area contributed by atoms with Crippen LogP contribution in [0.2, 0.25) is 0 Å². The van der Waals surface area contributed by atoms with Crippen molar-refractivity contribution in [2.75, 3.05) is 25.7 Å². The number of nitrogens with zero attached hydrogens (tertiary/aromatic N) is 4. The summed E-state index contributed by atoms with van der Waals surface area (Å²) in [6, 6.07) is 17.5. The Morgan fingerprint density at radius 2 is 1.60 bits per heavy atom. The molecule has 11 nitrogen and oxygen atoms in total. The zero-order valence-corrected chi connectivity index (χ0v) is 22.4. The summed E-state index contributed by atoms with van der Waals surface area (Å²) in [6.07, 6.45) is 1.43. The van der Waals surface area contributed by atoms with Crippen LogP contribution in [0.5, 0.6) is 0 Å². The van der Waals surface area contributed by atoms with Crippen molar-refractivity contribution in [1.82, 2.24) is 9.78 Å². The number of nitrogens with two attached hydrogens (primary N) is 1. The van der Waals surface area contributed by atoms with Crippen molar-refractivity contribution in [3.63, 3.8) is 0 Å². The molecule has 1 aliphatic rings. The highest BCUT2D eigenvalue weighted by atomic mass is 16.5. The predicted octanol–water partition coefficient (Wildman–Crippen LogP) is 3.26. The fraction of sp³-hybridized carbons (Fsp3) is 0.207. The average molecular weight is 542 g/mol. The SMILES string of the molecule is CCOC(=O)c1cnn(-c2ccc(N3C(N)=C(C#N)C(c4ccccc4)C(C(=O)OC)=C3C(=O)OC)cc2)c1C. The molecule has 2 heterocycles. The maximum Gasteiger partial charge on any atom is 0.355 e. The van der Waals surface area contributed by atoms with E-state index >= 15 is 0 Å². The van der Waals surface area contributed by atoms with Crippen LogP contribution in [0, 0.1) is 18.3 Å². The lowest BCUT2D eigenvalue weighted by atomic mass is 9.81. The second kappa shape index (κ2) is 11.6. The zero-order chi connectivity index (χ0) is 29.0. The smallest absolute Gasteiger partial charge is 0.355 e. The van der Waals surface area contributed by atoms with Gasteiger partial charge in [-0.05, 0) is 43.7 Å². The van der Waals surface area contributed by atoms with Gasteiger partial charge in [-0.3, -0.25) is 4.90 Å². The van der Waals surface area contributed by atoms with Crippen LogP contribution in [0.3, 0.4) is 0 Å². The predicted molar refractivity (Wildman–Crippen MR) is 144 cm³/mol. The number of benzene rings is 2. The number of anilines is 1. The topological polar surface area (TPSA) is 150 Å². The second-order valence-corrected chi connectivity index (χ2v) is 8.63. The fourth-order valence-electron chi connectivity index (χ4n) is 4.60. The first kappa shape index (κ1) is 27.7. The van der Waals surface area contributed by atoms with Gasteiger partial charge in [-0.1, -0.05) is 30.3 Å². The summed E-state index contributed by atoms with van der Waals surface area (Å²) in [6.45, 7) is 3.70. The lowest BCUT2D eigenvalue weighted by Crippen LogP contribution is -2.40. The standard InChI is InChI=1S/C29H27N5O6/c1-5-40-27(35)22-16-32-34(17(22)2)20-13-11-19(12-14-20)33-25(29(37)39-4)24(28(36)38-3)23(21(15-30)26(33)31)18-9-7-6-8-10-18/h6-14,16,23H,5,31H2,1-4H3. The molecule has 1 atom stereocenters. The van der Waals surface area contributed by atoms with Crippen molar-refractivity contribution in [2.24, 2.45) is 5.73 Å².